The molecule has 1 unspecified atom stereocenters. The molecule has 3 rings (SSSR count). The second-order valence-corrected chi connectivity index (χ2v) is 5.49. The van der Waals surface area contributed by atoms with Gasteiger partial charge in [0, 0.05) is 18.8 Å². The minimum atomic E-state index is -0.260. The van der Waals surface area contributed by atoms with Crippen LogP contribution in [0.25, 0.3) is 0 Å². The van der Waals surface area contributed by atoms with Crippen molar-refractivity contribution >= 4 is 17.2 Å². The van der Waals surface area contributed by atoms with Crippen LogP contribution in [0.1, 0.15) is 18.4 Å². The largest absolute Gasteiger partial charge is 0.383 e. The smallest absolute Gasteiger partial charge is 0.261 e. The number of aliphatic imine (C=N–C) groups is 1. The van der Waals surface area contributed by atoms with E-state index in [0.717, 1.165) is 19.4 Å². The quantitative estimate of drug-likeness (QED) is 0.595. The van der Waals surface area contributed by atoms with Crippen molar-refractivity contribution in [3.8, 4) is 0 Å². The van der Waals surface area contributed by atoms with Gasteiger partial charge in [0.15, 0.2) is 0 Å². The van der Waals surface area contributed by atoms with E-state index in [9.17, 15) is 4.79 Å². The molecule has 2 heterocycles. The van der Waals surface area contributed by atoms with Crippen LogP contribution >= 0.6 is 0 Å². The third-order valence-electron chi connectivity index (χ3n) is 3.74. The van der Waals surface area contributed by atoms with Crippen molar-refractivity contribution in [2.45, 2.75) is 18.9 Å². The Bertz CT molecular complexity index is 734. The maximum absolute atomic E-state index is 12.2. The summed E-state index contributed by atoms with van der Waals surface area (Å²) in [6.45, 7) is 1.42. The molecule has 1 aromatic carbocycles. The molecule has 6 heteroatoms. The van der Waals surface area contributed by atoms with Crippen molar-refractivity contribution in [1.29, 1.82) is 0 Å². The highest BCUT2D eigenvalue weighted by atomic mass is 16.5. The van der Waals surface area contributed by atoms with E-state index in [2.05, 4.69) is 15.3 Å². The average molecular weight is 312 g/mol. The highest BCUT2D eigenvalue weighted by Crippen LogP contribution is 2.18. The maximum Gasteiger partial charge on any atom is 0.261 e. The van der Waals surface area contributed by atoms with E-state index < -0.39 is 0 Å². The summed E-state index contributed by atoms with van der Waals surface area (Å²) in [6, 6.07) is 11.3. The molecular formula is C17H20N4O2. The number of H-pyrrole nitrogens is 1. The average Bonchev–Trinajstić information content (AvgIpc) is 2.57. The Hall–Kier alpha value is -2.60. The summed E-state index contributed by atoms with van der Waals surface area (Å²) < 4.78 is 5.47. The predicted molar refractivity (Wildman–Crippen MR) is 91.4 cm³/mol. The minimum absolute atomic E-state index is 0.175. The van der Waals surface area contributed by atoms with Gasteiger partial charge in [0.25, 0.3) is 5.56 Å². The van der Waals surface area contributed by atoms with Gasteiger partial charge in [-0.25, -0.2) is 4.99 Å². The van der Waals surface area contributed by atoms with Gasteiger partial charge in [0.1, 0.15) is 11.4 Å². The molecule has 4 N–H and O–H groups in total. The predicted octanol–water partition coefficient (Wildman–Crippen LogP) is 2.00. The Labute approximate surface area is 134 Å². The van der Waals surface area contributed by atoms with Crippen molar-refractivity contribution in [3.05, 3.63) is 58.5 Å². The number of aromatic nitrogens is 1. The summed E-state index contributed by atoms with van der Waals surface area (Å²) in [7, 11) is 0. The summed E-state index contributed by atoms with van der Waals surface area (Å²) >= 11 is 0. The molecule has 120 valence electrons. The molecule has 2 aromatic rings. The molecule has 0 saturated carbocycles. The van der Waals surface area contributed by atoms with Crippen molar-refractivity contribution < 1.29 is 4.74 Å². The Balaban J connectivity index is 1.91. The third kappa shape index (κ3) is 3.78. The summed E-state index contributed by atoms with van der Waals surface area (Å²) in [5.41, 5.74) is 7.59. The molecule has 1 fully saturated rings. The van der Waals surface area contributed by atoms with Gasteiger partial charge in [-0.3, -0.25) is 4.79 Å². The molecular weight excluding hydrogens is 292 g/mol. The zero-order valence-corrected chi connectivity index (χ0v) is 12.8. The molecule has 1 saturated heterocycles. The molecule has 1 atom stereocenters. The summed E-state index contributed by atoms with van der Waals surface area (Å²) in [4.78, 5) is 19.2. The fraction of sp³-hybridized carbons (Fsp3) is 0.294. The first-order valence-corrected chi connectivity index (χ1v) is 7.69. The number of amidine groups is 1. The van der Waals surface area contributed by atoms with Crippen LogP contribution in [0.5, 0.6) is 0 Å². The zero-order chi connectivity index (χ0) is 16.1. The normalized spacial score (nSPS) is 18.6. The Morgan fingerprint density at radius 2 is 2.13 bits per heavy atom. The van der Waals surface area contributed by atoms with Crippen LogP contribution in [0, 0.1) is 0 Å². The van der Waals surface area contributed by atoms with Crippen LogP contribution in [0.3, 0.4) is 0 Å². The summed E-state index contributed by atoms with van der Waals surface area (Å²) in [6.07, 6.45) is 3.61. The zero-order valence-electron chi connectivity index (χ0n) is 12.8. The number of hydrogen-bond acceptors (Lipinski definition) is 4. The topological polar surface area (TPSA) is 92.5 Å². The number of benzene rings is 1. The van der Waals surface area contributed by atoms with Gasteiger partial charge in [-0.05, 0) is 31.0 Å². The SMILES string of the molecule is NC(=Nc1ccccc1)c1c(NC2CCCOC2)cc[nH]c1=O. The van der Waals surface area contributed by atoms with Gasteiger partial charge in [-0.2, -0.15) is 0 Å². The number of para-hydroxylation sites is 1. The molecule has 23 heavy (non-hydrogen) atoms. The lowest BCUT2D eigenvalue weighted by molar-refractivity contribution is 0.0876. The summed E-state index contributed by atoms with van der Waals surface area (Å²) in [5.74, 6) is 0.192. The van der Waals surface area contributed by atoms with Gasteiger partial charge in [0.05, 0.1) is 18.0 Å². The van der Waals surface area contributed by atoms with E-state index in [1.807, 2.05) is 30.3 Å². The van der Waals surface area contributed by atoms with Crippen LogP contribution in [0.2, 0.25) is 0 Å². The molecule has 6 nitrogen and oxygen atoms in total. The Morgan fingerprint density at radius 1 is 1.30 bits per heavy atom. The van der Waals surface area contributed by atoms with Crippen LogP contribution in [0.4, 0.5) is 11.4 Å². The highest BCUT2D eigenvalue weighted by molar-refractivity contribution is 6.03. The fourth-order valence-corrected chi connectivity index (χ4v) is 2.63. The number of pyridine rings is 1. The Kier molecular flexibility index (Phi) is 4.73. The molecule has 0 aliphatic carbocycles. The number of nitrogens with two attached hydrogens (primary N) is 1. The lowest BCUT2D eigenvalue weighted by atomic mass is 10.1. The van der Waals surface area contributed by atoms with E-state index in [4.69, 9.17) is 10.5 Å². The van der Waals surface area contributed by atoms with Crippen molar-refractivity contribution in [2.75, 3.05) is 18.5 Å². The molecule has 1 aliphatic rings. The number of ether oxygens (including phenoxy) is 1. The first-order chi connectivity index (χ1) is 11.2. The fourth-order valence-electron chi connectivity index (χ4n) is 2.63. The van der Waals surface area contributed by atoms with Crippen LogP contribution in [-0.4, -0.2) is 30.1 Å². The van der Waals surface area contributed by atoms with Gasteiger partial charge in [-0.15, -0.1) is 0 Å². The number of nitrogens with zero attached hydrogens (tertiary/aromatic N) is 1. The van der Waals surface area contributed by atoms with Crippen LogP contribution in [0.15, 0.2) is 52.4 Å². The highest BCUT2D eigenvalue weighted by Gasteiger charge is 2.17. The van der Waals surface area contributed by atoms with Crippen molar-refractivity contribution in [2.24, 2.45) is 10.7 Å². The van der Waals surface area contributed by atoms with Crippen molar-refractivity contribution in [3.63, 3.8) is 0 Å². The number of rotatable bonds is 4. The lowest BCUT2D eigenvalue weighted by Gasteiger charge is -2.25. The third-order valence-corrected chi connectivity index (χ3v) is 3.74. The van der Waals surface area contributed by atoms with E-state index in [1.165, 1.54) is 0 Å². The number of anilines is 1. The van der Waals surface area contributed by atoms with Crippen molar-refractivity contribution in [1.82, 2.24) is 4.98 Å². The van der Waals surface area contributed by atoms with E-state index >= 15 is 0 Å². The number of aromatic amines is 1. The van der Waals surface area contributed by atoms with Crippen LogP contribution in [-0.2, 0) is 4.74 Å². The first-order valence-electron chi connectivity index (χ1n) is 7.69. The summed E-state index contributed by atoms with van der Waals surface area (Å²) in [5, 5.41) is 3.35. The molecule has 1 aliphatic heterocycles. The number of hydrogen-bond donors (Lipinski definition) is 3. The molecule has 0 amide bonds. The van der Waals surface area contributed by atoms with Gasteiger partial charge in [-0.1, -0.05) is 18.2 Å². The maximum atomic E-state index is 12.2. The monoisotopic (exact) mass is 312 g/mol. The Morgan fingerprint density at radius 3 is 2.87 bits per heavy atom. The minimum Gasteiger partial charge on any atom is -0.383 e. The molecule has 0 spiro atoms. The standard InChI is InChI=1S/C17H20N4O2/c18-16(21-12-5-2-1-3-6-12)15-14(8-9-19-17(15)22)20-13-7-4-10-23-11-13/h1-3,5-6,8-9,13H,4,7,10-11H2,(H2,18,21)(H2,19,20,22). The van der Waals surface area contributed by atoms with E-state index in [0.29, 0.717) is 23.5 Å². The van der Waals surface area contributed by atoms with E-state index in [-0.39, 0.29) is 17.4 Å². The lowest BCUT2D eigenvalue weighted by Crippen LogP contribution is -2.33. The van der Waals surface area contributed by atoms with Gasteiger partial charge >= 0.3 is 0 Å². The second kappa shape index (κ2) is 7.11. The van der Waals surface area contributed by atoms with Crippen LogP contribution < -0.4 is 16.6 Å². The van der Waals surface area contributed by atoms with E-state index in [1.54, 1.807) is 12.3 Å². The van der Waals surface area contributed by atoms with Gasteiger partial charge in [0.2, 0.25) is 0 Å². The number of nitrogens with one attached hydrogen (secondary N) is 2. The second-order valence-electron chi connectivity index (χ2n) is 5.49. The first kappa shape index (κ1) is 15.3. The molecule has 1 aromatic heterocycles. The molecule has 0 bridgehead atoms. The molecule has 0 radical (unpaired) electrons. The van der Waals surface area contributed by atoms with Gasteiger partial charge < -0.3 is 20.8 Å².